The van der Waals surface area contributed by atoms with Gasteiger partial charge in [-0.2, -0.15) is 0 Å². The minimum absolute atomic E-state index is 0.0165. The summed E-state index contributed by atoms with van der Waals surface area (Å²) in [6.07, 6.45) is 3.65. The Morgan fingerprint density at radius 3 is 2.50 bits per heavy atom. The molecule has 0 saturated heterocycles. The second-order valence-electron chi connectivity index (χ2n) is 6.02. The second-order valence-corrected chi connectivity index (χ2v) is 6.88. The van der Waals surface area contributed by atoms with Gasteiger partial charge in [-0.25, -0.2) is 0 Å². The molecule has 110 valence electrons. The Labute approximate surface area is 129 Å². The highest BCUT2D eigenvalue weighted by Gasteiger charge is 2.23. The van der Waals surface area contributed by atoms with Gasteiger partial charge in [0.15, 0.2) is 0 Å². The van der Waals surface area contributed by atoms with Crippen LogP contribution < -0.4 is 10.6 Å². The highest BCUT2D eigenvalue weighted by Crippen LogP contribution is 2.28. The molecule has 0 heterocycles. The maximum Gasteiger partial charge on any atom is 0.238 e. The topological polar surface area (TPSA) is 41.1 Å². The van der Waals surface area contributed by atoms with E-state index in [1.54, 1.807) is 0 Å². The van der Waals surface area contributed by atoms with Gasteiger partial charge < -0.3 is 10.6 Å². The number of hydrogen-bond acceptors (Lipinski definition) is 2. The molecule has 0 aliphatic heterocycles. The van der Waals surface area contributed by atoms with E-state index in [-0.39, 0.29) is 5.91 Å². The number of rotatable bonds is 4. The van der Waals surface area contributed by atoms with Gasteiger partial charge in [-0.15, -0.1) is 0 Å². The van der Waals surface area contributed by atoms with Crippen molar-refractivity contribution < 1.29 is 4.79 Å². The molecule has 20 heavy (non-hydrogen) atoms. The van der Waals surface area contributed by atoms with Gasteiger partial charge >= 0.3 is 0 Å². The summed E-state index contributed by atoms with van der Waals surface area (Å²) >= 11 is 3.43. The van der Waals surface area contributed by atoms with Crippen LogP contribution in [0.3, 0.4) is 0 Å². The molecule has 1 amide bonds. The largest absolute Gasteiger partial charge is 0.324 e. The fraction of sp³-hybridized carbons (Fsp3) is 0.562. The van der Waals surface area contributed by atoms with Crippen molar-refractivity contribution in [1.82, 2.24) is 5.32 Å². The zero-order valence-corrected chi connectivity index (χ0v) is 13.7. The van der Waals surface area contributed by atoms with Gasteiger partial charge in [0, 0.05) is 10.5 Å². The molecule has 2 unspecified atom stereocenters. The summed E-state index contributed by atoms with van der Waals surface area (Å²) in [7, 11) is 0. The smallest absolute Gasteiger partial charge is 0.238 e. The molecule has 0 aromatic heterocycles. The first-order chi connectivity index (χ1) is 9.54. The average molecular weight is 339 g/mol. The molecule has 1 fully saturated rings. The van der Waals surface area contributed by atoms with Crippen LogP contribution in [0.4, 0.5) is 5.69 Å². The first-order valence-electron chi connectivity index (χ1n) is 7.32. The lowest BCUT2D eigenvalue weighted by Crippen LogP contribution is -2.40. The lowest BCUT2D eigenvalue weighted by atomic mass is 9.80. The number of hydrogen-bond donors (Lipinski definition) is 2. The van der Waals surface area contributed by atoms with Crippen molar-refractivity contribution in [2.24, 2.45) is 11.8 Å². The van der Waals surface area contributed by atoms with Gasteiger partial charge in [-0.3, -0.25) is 4.79 Å². The minimum atomic E-state index is 0.0165. The Hall–Kier alpha value is -0.870. The molecule has 1 aromatic carbocycles. The van der Waals surface area contributed by atoms with E-state index in [9.17, 15) is 4.79 Å². The summed E-state index contributed by atoms with van der Waals surface area (Å²) in [6.45, 7) is 4.97. The van der Waals surface area contributed by atoms with Crippen LogP contribution in [0.1, 0.15) is 33.1 Å². The van der Waals surface area contributed by atoms with Crippen molar-refractivity contribution in [3.63, 3.8) is 0 Å². The van der Waals surface area contributed by atoms with Gasteiger partial charge in [0.05, 0.1) is 12.2 Å². The van der Waals surface area contributed by atoms with Crippen LogP contribution in [-0.2, 0) is 4.79 Å². The van der Waals surface area contributed by atoms with Crippen LogP contribution >= 0.6 is 15.9 Å². The molecule has 4 heteroatoms. The molecule has 1 aliphatic carbocycles. The van der Waals surface area contributed by atoms with Crippen molar-refractivity contribution in [2.45, 2.75) is 39.2 Å². The number of anilines is 1. The van der Waals surface area contributed by atoms with Crippen molar-refractivity contribution >= 4 is 27.5 Å². The van der Waals surface area contributed by atoms with Crippen LogP contribution in [0.2, 0.25) is 0 Å². The predicted octanol–water partition coefficient (Wildman–Crippen LogP) is 3.80. The fourth-order valence-corrected chi connectivity index (χ4v) is 3.49. The molecular formula is C16H23BrN2O. The SMILES string of the molecule is CC1CC(C)CC(NCC(=O)Nc2ccccc2Br)C1. The van der Waals surface area contributed by atoms with E-state index in [2.05, 4.69) is 40.4 Å². The molecule has 1 aliphatic rings. The maximum atomic E-state index is 12.0. The third-order valence-corrected chi connectivity index (χ3v) is 4.57. The molecule has 0 bridgehead atoms. The quantitative estimate of drug-likeness (QED) is 0.876. The summed E-state index contributed by atoms with van der Waals surface area (Å²) in [6, 6.07) is 8.14. The van der Waals surface area contributed by atoms with Gasteiger partial charge in [-0.05, 0) is 59.2 Å². The van der Waals surface area contributed by atoms with Crippen LogP contribution in [0.25, 0.3) is 0 Å². The van der Waals surface area contributed by atoms with Crippen LogP contribution in [0.15, 0.2) is 28.7 Å². The lowest BCUT2D eigenvalue weighted by molar-refractivity contribution is -0.115. The van der Waals surface area contributed by atoms with E-state index in [0.717, 1.165) is 22.0 Å². The first-order valence-corrected chi connectivity index (χ1v) is 8.11. The summed E-state index contributed by atoms with van der Waals surface area (Å²) in [5, 5.41) is 6.32. The summed E-state index contributed by atoms with van der Waals surface area (Å²) in [5.74, 6) is 1.52. The third-order valence-electron chi connectivity index (χ3n) is 3.88. The second kappa shape index (κ2) is 7.23. The van der Waals surface area contributed by atoms with Crippen LogP contribution in [0, 0.1) is 11.8 Å². The monoisotopic (exact) mass is 338 g/mol. The molecular weight excluding hydrogens is 316 g/mol. The van der Waals surface area contributed by atoms with Crippen LogP contribution in [-0.4, -0.2) is 18.5 Å². The number of benzene rings is 1. The van der Waals surface area contributed by atoms with Gasteiger partial charge in [-0.1, -0.05) is 26.0 Å². The third kappa shape index (κ3) is 4.60. The fourth-order valence-electron chi connectivity index (χ4n) is 3.11. The highest BCUT2D eigenvalue weighted by molar-refractivity contribution is 9.10. The average Bonchev–Trinajstić information content (AvgIpc) is 2.38. The normalized spacial score (nSPS) is 26.2. The molecule has 2 rings (SSSR count). The maximum absolute atomic E-state index is 12.0. The van der Waals surface area contributed by atoms with Crippen molar-refractivity contribution in [2.75, 3.05) is 11.9 Å². The molecule has 0 radical (unpaired) electrons. The van der Waals surface area contributed by atoms with Crippen molar-refractivity contribution in [1.29, 1.82) is 0 Å². The van der Waals surface area contributed by atoms with Crippen molar-refractivity contribution in [3.8, 4) is 0 Å². The zero-order chi connectivity index (χ0) is 14.5. The molecule has 2 N–H and O–H groups in total. The zero-order valence-electron chi connectivity index (χ0n) is 12.2. The Bertz CT molecular complexity index is 454. The van der Waals surface area contributed by atoms with E-state index < -0.39 is 0 Å². The molecule has 0 spiro atoms. The first kappa shape index (κ1) is 15.5. The van der Waals surface area contributed by atoms with E-state index in [1.807, 2.05) is 24.3 Å². The van der Waals surface area contributed by atoms with E-state index >= 15 is 0 Å². The van der Waals surface area contributed by atoms with E-state index in [0.29, 0.717) is 12.6 Å². The standard InChI is InChI=1S/C16H23BrN2O/c1-11-7-12(2)9-13(8-11)18-10-16(20)19-15-6-4-3-5-14(15)17/h3-6,11-13,18H,7-10H2,1-2H3,(H,19,20). The highest BCUT2D eigenvalue weighted by atomic mass is 79.9. The summed E-state index contributed by atoms with van der Waals surface area (Å²) in [5.41, 5.74) is 0.824. The van der Waals surface area contributed by atoms with Gasteiger partial charge in [0.1, 0.15) is 0 Å². The number of carbonyl (C=O) groups excluding carboxylic acids is 1. The van der Waals surface area contributed by atoms with E-state index in [4.69, 9.17) is 0 Å². The summed E-state index contributed by atoms with van der Waals surface area (Å²) in [4.78, 5) is 12.0. The number of para-hydroxylation sites is 1. The van der Waals surface area contributed by atoms with E-state index in [1.165, 1.54) is 19.3 Å². The minimum Gasteiger partial charge on any atom is -0.324 e. The van der Waals surface area contributed by atoms with Gasteiger partial charge in [0.2, 0.25) is 5.91 Å². The lowest BCUT2D eigenvalue weighted by Gasteiger charge is -2.31. The molecule has 3 nitrogen and oxygen atoms in total. The van der Waals surface area contributed by atoms with Gasteiger partial charge in [0.25, 0.3) is 0 Å². The Morgan fingerprint density at radius 1 is 1.20 bits per heavy atom. The Morgan fingerprint density at radius 2 is 1.85 bits per heavy atom. The molecule has 1 aromatic rings. The number of nitrogens with one attached hydrogen (secondary N) is 2. The van der Waals surface area contributed by atoms with Crippen LogP contribution in [0.5, 0.6) is 0 Å². The Kier molecular flexibility index (Phi) is 5.61. The number of amides is 1. The summed E-state index contributed by atoms with van der Waals surface area (Å²) < 4.78 is 0.910. The molecule has 1 saturated carbocycles. The number of halogens is 1. The number of carbonyl (C=O) groups is 1. The van der Waals surface area contributed by atoms with Crippen molar-refractivity contribution in [3.05, 3.63) is 28.7 Å². The predicted molar refractivity (Wildman–Crippen MR) is 86.7 cm³/mol. The molecule has 2 atom stereocenters. The Balaban J connectivity index is 1.79.